The van der Waals surface area contributed by atoms with E-state index in [0.29, 0.717) is 0 Å². The number of hydrogen-bond donors (Lipinski definition) is 5. The molecule has 0 saturated heterocycles. The van der Waals surface area contributed by atoms with Gasteiger partial charge in [0, 0.05) is 22.6 Å². The van der Waals surface area contributed by atoms with Gasteiger partial charge < -0.3 is 25.5 Å². The summed E-state index contributed by atoms with van der Waals surface area (Å²) in [6, 6.07) is 1.89. The van der Waals surface area contributed by atoms with Crippen molar-refractivity contribution in [2.75, 3.05) is 0 Å². The first-order valence-corrected chi connectivity index (χ1v) is 3.13. The molecule has 0 aromatic heterocycles. The average molecular weight is 228 g/mol. The van der Waals surface area contributed by atoms with Gasteiger partial charge >= 0.3 is 0 Å². The third-order valence-corrected chi connectivity index (χ3v) is 1.39. The zero-order valence-corrected chi connectivity index (χ0v) is 7.43. The van der Waals surface area contributed by atoms with E-state index in [2.05, 4.69) is 0 Å². The normalized spacial score (nSPS) is 9.77. The minimum atomic E-state index is -1.79. The van der Waals surface area contributed by atoms with Gasteiger partial charge in [-0.05, 0) is 12.1 Å². The predicted molar refractivity (Wildman–Crippen MR) is 38.6 cm³/mol. The molecule has 0 fully saturated rings. The molecule has 0 saturated carbocycles. The van der Waals surface area contributed by atoms with Gasteiger partial charge in [0.25, 0.3) is 0 Å². The maximum absolute atomic E-state index is 8.90. The maximum Gasteiger partial charge on any atom is 0.200 e. The van der Waals surface area contributed by atoms with Crippen LogP contribution in [0.1, 0.15) is 11.9 Å². The molecular formula is C7H8FeO5. The first-order chi connectivity index (χ1) is 5.52. The minimum Gasteiger partial charge on any atom is -0.504 e. The summed E-state index contributed by atoms with van der Waals surface area (Å²) in [5, 5.41) is 43.9. The van der Waals surface area contributed by atoms with Crippen molar-refractivity contribution in [3.05, 3.63) is 17.7 Å². The molecule has 0 aliphatic carbocycles. The molecule has 0 aliphatic rings. The van der Waals surface area contributed by atoms with Crippen molar-refractivity contribution in [3.63, 3.8) is 0 Å². The van der Waals surface area contributed by atoms with E-state index >= 15 is 0 Å². The van der Waals surface area contributed by atoms with Crippen molar-refractivity contribution >= 4 is 0 Å². The number of aliphatic hydroxyl groups is 2. The quantitative estimate of drug-likeness (QED) is 0.260. The molecule has 1 aromatic carbocycles. The van der Waals surface area contributed by atoms with Gasteiger partial charge in [-0.25, -0.2) is 0 Å². The van der Waals surface area contributed by atoms with E-state index in [4.69, 9.17) is 25.5 Å². The van der Waals surface area contributed by atoms with Crippen LogP contribution in [0.4, 0.5) is 0 Å². The molecule has 0 bridgehead atoms. The molecule has 74 valence electrons. The molecule has 13 heavy (non-hydrogen) atoms. The molecule has 0 radical (unpaired) electrons. The van der Waals surface area contributed by atoms with Crippen LogP contribution in [-0.4, -0.2) is 25.5 Å². The van der Waals surface area contributed by atoms with Crippen LogP contribution in [0.3, 0.4) is 0 Å². The van der Waals surface area contributed by atoms with E-state index in [9.17, 15) is 0 Å². The first kappa shape index (κ1) is 12.1. The molecule has 1 rings (SSSR count). The second kappa shape index (κ2) is 4.34. The molecule has 0 unspecified atom stereocenters. The number of aliphatic hydroxyl groups excluding tert-OH is 1. The smallest absolute Gasteiger partial charge is 0.200 e. The summed E-state index contributed by atoms with van der Waals surface area (Å²) in [5.41, 5.74) is -0.0946. The second-order valence-corrected chi connectivity index (χ2v) is 2.28. The van der Waals surface area contributed by atoms with Crippen molar-refractivity contribution in [3.8, 4) is 17.2 Å². The first-order valence-electron chi connectivity index (χ1n) is 3.13. The molecule has 0 amide bonds. The van der Waals surface area contributed by atoms with Crippen LogP contribution in [0, 0.1) is 0 Å². The summed E-state index contributed by atoms with van der Waals surface area (Å²) in [6.07, 6.45) is -1.79. The Morgan fingerprint density at radius 2 is 1.31 bits per heavy atom. The van der Waals surface area contributed by atoms with Crippen LogP contribution in [-0.2, 0) is 17.1 Å². The van der Waals surface area contributed by atoms with Crippen molar-refractivity contribution in [1.29, 1.82) is 0 Å². The summed E-state index contributed by atoms with van der Waals surface area (Å²) >= 11 is 0. The summed E-state index contributed by atoms with van der Waals surface area (Å²) in [7, 11) is 0. The van der Waals surface area contributed by atoms with Gasteiger partial charge in [-0.2, -0.15) is 0 Å². The van der Waals surface area contributed by atoms with Gasteiger partial charge in [-0.3, -0.25) is 0 Å². The molecule has 1 aromatic rings. The molecule has 0 spiro atoms. The minimum absolute atomic E-state index is 0. The molecule has 5 N–H and O–H groups in total. The molecule has 0 aliphatic heterocycles. The monoisotopic (exact) mass is 228 g/mol. The Labute approximate surface area is 84.4 Å². The van der Waals surface area contributed by atoms with Gasteiger partial charge in [0.2, 0.25) is 0 Å². The third-order valence-electron chi connectivity index (χ3n) is 1.39. The fourth-order valence-corrected chi connectivity index (χ4v) is 0.774. The van der Waals surface area contributed by atoms with E-state index in [0.717, 1.165) is 12.1 Å². The fraction of sp³-hybridized carbons (Fsp3) is 0.143. The van der Waals surface area contributed by atoms with E-state index in [1.165, 1.54) is 0 Å². The number of benzene rings is 1. The Kier molecular flexibility index (Phi) is 4.03. The van der Waals surface area contributed by atoms with E-state index < -0.39 is 23.5 Å². The number of aromatic hydroxyl groups is 3. The number of hydrogen-bond acceptors (Lipinski definition) is 5. The fourth-order valence-electron chi connectivity index (χ4n) is 0.774. The van der Waals surface area contributed by atoms with E-state index in [-0.39, 0.29) is 22.6 Å². The van der Waals surface area contributed by atoms with Crippen LogP contribution in [0.5, 0.6) is 17.2 Å². The van der Waals surface area contributed by atoms with Gasteiger partial charge in [-0.15, -0.1) is 0 Å². The van der Waals surface area contributed by atoms with Crippen molar-refractivity contribution in [1.82, 2.24) is 0 Å². The Bertz CT molecular complexity index is 276. The van der Waals surface area contributed by atoms with Gasteiger partial charge in [0.1, 0.15) is 0 Å². The van der Waals surface area contributed by atoms with Crippen LogP contribution < -0.4 is 0 Å². The molecule has 0 atom stereocenters. The predicted octanol–water partition coefficient (Wildman–Crippen LogP) is -0.216. The van der Waals surface area contributed by atoms with Crippen molar-refractivity contribution < 1.29 is 42.6 Å². The Morgan fingerprint density at radius 3 is 1.62 bits per heavy atom. The zero-order chi connectivity index (χ0) is 9.30. The Morgan fingerprint density at radius 1 is 0.923 bits per heavy atom. The maximum atomic E-state index is 8.90. The van der Waals surface area contributed by atoms with Gasteiger partial charge in [-0.1, -0.05) is 0 Å². The average Bonchev–Trinajstić information content (AvgIpc) is 1.99. The van der Waals surface area contributed by atoms with Crippen LogP contribution >= 0.6 is 0 Å². The SMILES string of the molecule is Oc1cc(C(O)O)cc(O)c1O.[Fe]. The molecule has 6 heteroatoms. The molecule has 5 nitrogen and oxygen atoms in total. The number of phenolic OH excluding ortho intramolecular Hbond substituents is 3. The van der Waals surface area contributed by atoms with Crippen molar-refractivity contribution in [2.24, 2.45) is 0 Å². The summed E-state index contributed by atoms with van der Waals surface area (Å²) in [5.74, 6) is -1.88. The molecular weight excluding hydrogens is 220 g/mol. The Balaban J connectivity index is 0.00000144. The van der Waals surface area contributed by atoms with Gasteiger partial charge in [0.15, 0.2) is 23.5 Å². The summed E-state index contributed by atoms with van der Waals surface area (Å²) < 4.78 is 0. The van der Waals surface area contributed by atoms with E-state index in [1.54, 1.807) is 0 Å². The standard InChI is InChI=1S/C7H8O5.Fe/c8-4-1-3(7(11)12)2-5(9)6(4)10;/h1-2,7-12H;. The van der Waals surface area contributed by atoms with Crippen LogP contribution in [0.25, 0.3) is 0 Å². The summed E-state index contributed by atoms with van der Waals surface area (Å²) in [4.78, 5) is 0. The zero-order valence-electron chi connectivity index (χ0n) is 6.32. The topological polar surface area (TPSA) is 101 Å². The Hall–Kier alpha value is -0.941. The van der Waals surface area contributed by atoms with E-state index in [1.807, 2.05) is 0 Å². The molecule has 0 heterocycles. The van der Waals surface area contributed by atoms with Crippen LogP contribution in [0.2, 0.25) is 0 Å². The third kappa shape index (κ3) is 2.50. The van der Waals surface area contributed by atoms with Crippen LogP contribution in [0.15, 0.2) is 12.1 Å². The summed E-state index contributed by atoms with van der Waals surface area (Å²) in [6.45, 7) is 0. The van der Waals surface area contributed by atoms with Crippen molar-refractivity contribution in [2.45, 2.75) is 6.29 Å². The second-order valence-electron chi connectivity index (χ2n) is 2.28. The number of rotatable bonds is 1. The largest absolute Gasteiger partial charge is 0.504 e. The number of phenols is 3. The van der Waals surface area contributed by atoms with Gasteiger partial charge in [0.05, 0.1) is 0 Å².